The van der Waals surface area contributed by atoms with Gasteiger partial charge in [-0.25, -0.2) is 13.6 Å². The Hall–Kier alpha value is -3.09. The van der Waals surface area contributed by atoms with Crippen molar-refractivity contribution in [2.75, 3.05) is 7.11 Å². The number of H-pyrrole nitrogens is 1. The summed E-state index contributed by atoms with van der Waals surface area (Å²) >= 11 is 0. The number of halogens is 2. The number of rotatable bonds is 7. The Morgan fingerprint density at radius 1 is 1.04 bits per heavy atom. The van der Waals surface area contributed by atoms with E-state index in [0.717, 1.165) is 40.9 Å². The Morgan fingerprint density at radius 2 is 1.74 bits per heavy atom. The number of aromatic hydroxyl groups is 1. The van der Waals surface area contributed by atoms with E-state index < -0.39 is 17.3 Å². The van der Waals surface area contributed by atoms with Crippen LogP contribution >= 0.6 is 0 Å². The van der Waals surface area contributed by atoms with Gasteiger partial charge < -0.3 is 14.8 Å². The molecule has 7 heteroatoms. The van der Waals surface area contributed by atoms with Crippen LogP contribution in [0.4, 0.5) is 8.78 Å². The number of imidazole rings is 1. The largest absolute Gasteiger partial charge is 0.497 e. The van der Waals surface area contributed by atoms with E-state index in [1.807, 2.05) is 24.3 Å². The molecule has 0 amide bonds. The topological polar surface area (TPSA) is 67.2 Å². The third-order valence-corrected chi connectivity index (χ3v) is 4.40. The highest BCUT2D eigenvalue weighted by Gasteiger charge is 2.14. The molecule has 0 unspecified atom stereocenters. The average molecular weight is 374 g/mol. The highest BCUT2D eigenvalue weighted by atomic mass is 19.2. The summed E-state index contributed by atoms with van der Waals surface area (Å²) < 4.78 is 32.6. The summed E-state index contributed by atoms with van der Waals surface area (Å²) in [7, 11) is 1.61. The lowest BCUT2D eigenvalue weighted by Crippen LogP contribution is -2.17. The van der Waals surface area contributed by atoms with Crippen LogP contribution in [-0.4, -0.2) is 21.8 Å². The minimum Gasteiger partial charge on any atom is -0.497 e. The van der Waals surface area contributed by atoms with Crippen LogP contribution in [0.5, 0.6) is 11.6 Å². The maximum absolute atomic E-state index is 13.3. The standard InChI is InChI=1S/C20H20F2N2O3/c1-27-15-8-5-13(6-9-15)3-2-4-18-19(25)24(20(26)23-18)12-14-7-10-16(21)17(22)11-14/h5-11,25H,2-4,12H2,1H3,(H,23,26). The monoisotopic (exact) mass is 374 g/mol. The van der Waals surface area contributed by atoms with Crippen molar-refractivity contribution in [3.05, 3.63) is 81.4 Å². The van der Waals surface area contributed by atoms with Crippen molar-refractivity contribution in [1.82, 2.24) is 9.55 Å². The summed E-state index contributed by atoms with van der Waals surface area (Å²) in [5, 5.41) is 10.3. The molecule has 5 nitrogen and oxygen atoms in total. The number of aryl methyl sites for hydroxylation is 2. The summed E-state index contributed by atoms with van der Waals surface area (Å²) in [5.74, 6) is -1.34. The van der Waals surface area contributed by atoms with Crippen molar-refractivity contribution in [3.8, 4) is 11.6 Å². The first-order valence-electron chi connectivity index (χ1n) is 8.55. The summed E-state index contributed by atoms with van der Waals surface area (Å²) in [6.45, 7) is -0.0448. The Kier molecular flexibility index (Phi) is 5.59. The number of aromatic nitrogens is 2. The van der Waals surface area contributed by atoms with Crippen LogP contribution in [0.25, 0.3) is 0 Å². The molecule has 3 rings (SSSR count). The first-order valence-corrected chi connectivity index (χ1v) is 8.55. The van der Waals surface area contributed by atoms with Crippen LogP contribution in [0.3, 0.4) is 0 Å². The molecule has 0 fully saturated rings. The molecule has 1 aromatic heterocycles. The van der Waals surface area contributed by atoms with Crippen LogP contribution in [-0.2, 0) is 19.4 Å². The minimum atomic E-state index is -0.990. The summed E-state index contributed by atoms with van der Waals surface area (Å²) in [5.41, 5.74) is 1.45. The van der Waals surface area contributed by atoms with Crippen molar-refractivity contribution >= 4 is 0 Å². The third kappa shape index (κ3) is 4.36. The number of hydrogen-bond donors (Lipinski definition) is 2. The van der Waals surface area contributed by atoms with Crippen LogP contribution in [0, 0.1) is 11.6 Å². The summed E-state index contributed by atoms with van der Waals surface area (Å²) in [4.78, 5) is 14.7. The molecule has 142 valence electrons. The third-order valence-electron chi connectivity index (χ3n) is 4.40. The predicted octanol–water partition coefficient (Wildman–Crippen LogP) is 3.39. The fraction of sp³-hybridized carbons (Fsp3) is 0.250. The summed E-state index contributed by atoms with van der Waals surface area (Å²) in [6, 6.07) is 11.1. The van der Waals surface area contributed by atoms with E-state index in [1.165, 1.54) is 6.07 Å². The van der Waals surface area contributed by atoms with E-state index in [0.29, 0.717) is 17.7 Å². The Bertz CT molecular complexity index is 978. The van der Waals surface area contributed by atoms with Crippen LogP contribution in [0.15, 0.2) is 47.3 Å². The maximum atomic E-state index is 13.3. The molecule has 1 heterocycles. The van der Waals surface area contributed by atoms with Gasteiger partial charge in [-0.1, -0.05) is 18.2 Å². The zero-order valence-corrected chi connectivity index (χ0v) is 14.8. The van der Waals surface area contributed by atoms with Gasteiger partial charge in [0.05, 0.1) is 19.3 Å². The lowest BCUT2D eigenvalue weighted by atomic mass is 10.1. The molecule has 2 aromatic carbocycles. The van der Waals surface area contributed by atoms with Gasteiger partial charge in [-0.3, -0.25) is 4.57 Å². The predicted molar refractivity (Wildman–Crippen MR) is 97.2 cm³/mol. The van der Waals surface area contributed by atoms with Gasteiger partial charge in [-0.05, 0) is 54.7 Å². The van der Waals surface area contributed by atoms with Crippen molar-refractivity contribution in [2.45, 2.75) is 25.8 Å². The van der Waals surface area contributed by atoms with Crippen LogP contribution < -0.4 is 10.4 Å². The molecule has 0 saturated heterocycles. The molecule has 0 aliphatic carbocycles. The van der Waals surface area contributed by atoms with Gasteiger partial charge >= 0.3 is 5.69 Å². The van der Waals surface area contributed by atoms with Gasteiger partial charge in [0.15, 0.2) is 11.6 Å². The first kappa shape index (κ1) is 18.7. The number of hydrogen-bond acceptors (Lipinski definition) is 3. The normalized spacial score (nSPS) is 10.9. The fourth-order valence-electron chi connectivity index (χ4n) is 2.91. The maximum Gasteiger partial charge on any atom is 0.328 e. The zero-order chi connectivity index (χ0) is 19.4. The number of aromatic amines is 1. The first-order chi connectivity index (χ1) is 13.0. The number of benzene rings is 2. The lowest BCUT2D eigenvalue weighted by molar-refractivity contribution is 0.414. The molecular weight excluding hydrogens is 354 g/mol. The van der Waals surface area contributed by atoms with Gasteiger partial charge in [0.25, 0.3) is 0 Å². The van der Waals surface area contributed by atoms with Crippen molar-refractivity contribution in [2.24, 2.45) is 0 Å². The SMILES string of the molecule is COc1ccc(CCCc2[nH]c(=O)n(Cc3ccc(F)c(F)c3)c2O)cc1. The second kappa shape index (κ2) is 8.07. The zero-order valence-electron chi connectivity index (χ0n) is 14.8. The number of nitrogens with one attached hydrogen (secondary N) is 1. The van der Waals surface area contributed by atoms with Crippen LogP contribution in [0.2, 0.25) is 0 Å². The van der Waals surface area contributed by atoms with E-state index in [2.05, 4.69) is 4.98 Å². The smallest absolute Gasteiger partial charge is 0.328 e. The Balaban J connectivity index is 1.65. The second-order valence-corrected chi connectivity index (χ2v) is 6.27. The fourth-order valence-corrected chi connectivity index (χ4v) is 2.91. The molecule has 0 aliphatic heterocycles. The minimum absolute atomic E-state index is 0.0448. The van der Waals surface area contributed by atoms with E-state index in [9.17, 15) is 18.7 Å². The van der Waals surface area contributed by atoms with Crippen LogP contribution in [0.1, 0.15) is 23.2 Å². The van der Waals surface area contributed by atoms with Crippen molar-refractivity contribution in [3.63, 3.8) is 0 Å². The van der Waals surface area contributed by atoms with Crippen molar-refractivity contribution in [1.29, 1.82) is 0 Å². The molecular formula is C20H20F2N2O3. The average Bonchev–Trinajstić information content (AvgIpc) is 2.93. The Labute approximate surface area is 154 Å². The molecule has 0 spiro atoms. The molecule has 0 aliphatic rings. The van der Waals surface area contributed by atoms with E-state index in [-0.39, 0.29) is 12.4 Å². The van der Waals surface area contributed by atoms with Gasteiger partial charge in [0.1, 0.15) is 5.75 Å². The van der Waals surface area contributed by atoms with E-state index in [1.54, 1.807) is 7.11 Å². The molecule has 27 heavy (non-hydrogen) atoms. The quantitative estimate of drug-likeness (QED) is 0.666. The number of methoxy groups -OCH3 is 1. The van der Waals surface area contributed by atoms with E-state index >= 15 is 0 Å². The molecule has 0 radical (unpaired) electrons. The Morgan fingerprint density at radius 3 is 2.41 bits per heavy atom. The van der Waals surface area contributed by atoms with Gasteiger partial charge in [-0.15, -0.1) is 0 Å². The lowest BCUT2D eigenvalue weighted by Gasteiger charge is -2.06. The highest BCUT2D eigenvalue weighted by molar-refractivity contribution is 5.28. The van der Waals surface area contributed by atoms with E-state index in [4.69, 9.17) is 4.74 Å². The molecule has 0 bridgehead atoms. The van der Waals surface area contributed by atoms with Crippen molar-refractivity contribution < 1.29 is 18.6 Å². The molecule has 3 aromatic rings. The number of nitrogens with zero attached hydrogens (tertiary/aromatic N) is 1. The second-order valence-electron chi connectivity index (χ2n) is 6.27. The molecule has 0 saturated carbocycles. The highest BCUT2D eigenvalue weighted by Crippen LogP contribution is 2.19. The number of ether oxygens (including phenoxy) is 1. The molecule has 2 N–H and O–H groups in total. The van der Waals surface area contributed by atoms with Gasteiger partial charge in [-0.2, -0.15) is 0 Å². The van der Waals surface area contributed by atoms with Gasteiger partial charge in [0.2, 0.25) is 5.88 Å². The van der Waals surface area contributed by atoms with Gasteiger partial charge in [0, 0.05) is 0 Å². The summed E-state index contributed by atoms with van der Waals surface area (Å²) in [6.07, 6.45) is 1.99. The molecule has 0 atom stereocenters.